The van der Waals surface area contributed by atoms with E-state index < -0.39 is 15.7 Å². The Morgan fingerprint density at radius 2 is 1.85 bits per heavy atom. The summed E-state index contributed by atoms with van der Waals surface area (Å²) in [4.78, 5) is 1.63. The van der Waals surface area contributed by atoms with Crippen molar-refractivity contribution in [2.75, 3.05) is 24.4 Å². The van der Waals surface area contributed by atoms with Crippen molar-refractivity contribution >= 4 is 15.9 Å². The van der Waals surface area contributed by atoms with E-state index in [1.54, 1.807) is 16.3 Å². The summed E-state index contributed by atoms with van der Waals surface area (Å²) < 4.78 is 29.3. The Morgan fingerprint density at radius 3 is 2.52 bits per heavy atom. The Bertz CT molecular complexity index is 1020. The molecule has 1 saturated heterocycles. The molecule has 7 heteroatoms. The third-order valence-electron chi connectivity index (χ3n) is 5.66. The van der Waals surface area contributed by atoms with Gasteiger partial charge in [0.15, 0.2) is 6.19 Å². The molecule has 4 rings (SSSR count). The highest BCUT2D eigenvalue weighted by atomic mass is 32.2. The first-order valence-corrected chi connectivity index (χ1v) is 10.3. The fourth-order valence-corrected chi connectivity index (χ4v) is 5.77. The van der Waals surface area contributed by atoms with E-state index in [2.05, 4.69) is 12.3 Å². The number of nitriles is 1. The van der Waals surface area contributed by atoms with E-state index in [0.29, 0.717) is 31.7 Å². The average molecular weight is 382 g/mol. The monoisotopic (exact) mass is 382 g/mol. The lowest BCUT2D eigenvalue weighted by Crippen LogP contribution is -2.57. The van der Waals surface area contributed by atoms with Gasteiger partial charge in [-0.15, -0.1) is 0 Å². The average Bonchev–Trinajstić information content (AvgIpc) is 3.07. The maximum atomic E-state index is 13.2. The highest BCUT2D eigenvalue weighted by molar-refractivity contribution is 7.90. The molecule has 0 radical (unpaired) electrons. The molecule has 0 aliphatic carbocycles. The van der Waals surface area contributed by atoms with Crippen LogP contribution in [0.4, 0.5) is 5.69 Å². The van der Waals surface area contributed by atoms with Gasteiger partial charge in [-0.2, -0.15) is 18.0 Å². The van der Waals surface area contributed by atoms with Crippen LogP contribution < -0.4 is 4.31 Å². The van der Waals surface area contributed by atoms with Crippen LogP contribution in [0.2, 0.25) is 0 Å². The van der Waals surface area contributed by atoms with E-state index in [9.17, 15) is 13.7 Å². The van der Waals surface area contributed by atoms with Crippen LogP contribution in [0, 0.1) is 11.5 Å². The Labute approximate surface area is 160 Å². The van der Waals surface area contributed by atoms with E-state index in [4.69, 9.17) is 0 Å². The quantitative estimate of drug-likeness (QED) is 0.749. The number of nitrogens with zero attached hydrogens (tertiary/aromatic N) is 4. The maximum Gasteiger partial charge on any atom is 0.304 e. The summed E-state index contributed by atoms with van der Waals surface area (Å²) in [6.07, 6.45) is 2.78. The number of hydrogen-bond donors (Lipinski definition) is 0. The standard InChI is InChI=1S/C20H22N4O2S/c1-20(10-11-23(14-20)15-21)24-13-18-12-17(16-6-4-3-5-7-16)8-9-19(18)22(2)27(24,25)26/h3-9,12H,10-11,13-14H2,1-2H3/t20-/m1/s1. The van der Waals surface area contributed by atoms with Gasteiger partial charge < -0.3 is 4.90 Å². The molecule has 2 aliphatic rings. The van der Waals surface area contributed by atoms with Crippen molar-refractivity contribution in [1.29, 1.82) is 5.26 Å². The zero-order valence-electron chi connectivity index (χ0n) is 15.5. The number of anilines is 1. The summed E-state index contributed by atoms with van der Waals surface area (Å²) >= 11 is 0. The molecule has 2 aromatic rings. The second-order valence-corrected chi connectivity index (χ2v) is 9.34. The minimum Gasteiger partial charge on any atom is -0.309 e. The van der Waals surface area contributed by atoms with Crippen LogP contribution in [0.3, 0.4) is 0 Å². The molecule has 0 spiro atoms. The Hall–Kier alpha value is -2.56. The summed E-state index contributed by atoms with van der Waals surface area (Å²) in [5, 5.41) is 9.20. The first-order valence-electron chi connectivity index (χ1n) is 8.95. The summed E-state index contributed by atoms with van der Waals surface area (Å²) in [6.45, 7) is 3.25. The molecule has 6 nitrogen and oxygen atoms in total. The molecule has 2 heterocycles. The van der Waals surface area contributed by atoms with E-state index >= 15 is 0 Å². The van der Waals surface area contributed by atoms with Crippen molar-refractivity contribution in [3.05, 3.63) is 54.1 Å². The number of hydrogen-bond acceptors (Lipinski definition) is 4. The molecular formula is C20H22N4O2S. The molecule has 2 aliphatic heterocycles. The zero-order valence-corrected chi connectivity index (χ0v) is 16.3. The van der Waals surface area contributed by atoms with Gasteiger partial charge in [0.25, 0.3) is 0 Å². The lowest BCUT2D eigenvalue weighted by atomic mass is 9.98. The number of rotatable bonds is 2. The van der Waals surface area contributed by atoms with Crippen molar-refractivity contribution in [1.82, 2.24) is 9.21 Å². The largest absolute Gasteiger partial charge is 0.309 e. The lowest BCUT2D eigenvalue weighted by Gasteiger charge is -2.43. The minimum atomic E-state index is -3.64. The summed E-state index contributed by atoms with van der Waals surface area (Å²) in [5.74, 6) is 0. The van der Waals surface area contributed by atoms with Gasteiger partial charge in [0, 0.05) is 26.7 Å². The summed E-state index contributed by atoms with van der Waals surface area (Å²) in [7, 11) is -2.04. The van der Waals surface area contributed by atoms with Gasteiger partial charge in [-0.25, -0.2) is 0 Å². The molecule has 0 bridgehead atoms. The maximum absolute atomic E-state index is 13.2. The van der Waals surface area contributed by atoms with Crippen LogP contribution in [0.1, 0.15) is 18.9 Å². The van der Waals surface area contributed by atoms with Crippen LogP contribution in [0.15, 0.2) is 48.5 Å². The smallest absolute Gasteiger partial charge is 0.304 e. The highest BCUT2D eigenvalue weighted by Crippen LogP contribution is 2.40. The molecule has 0 aromatic heterocycles. The molecule has 1 atom stereocenters. The predicted molar refractivity (Wildman–Crippen MR) is 105 cm³/mol. The van der Waals surface area contributed by atoms with Crippen molar-refractivity contribution in [3.63, 3.8) is 0 Å². The molecular weight excluding hydrogens is 360 g/mol. The molecule has 0 saturated carbocycles. The fraction of sp³-hybridized carbons (Fsp3) is 0.350. The fourth-order valence-electron chi connectivity index (χ4n) is 4.04. The second kappa shape index (κ2) is 6.25. The summed E-state index contributed by atoms with van der Waals surface area (Å²) in [5.41, 5.74) is 3.27. The summed E-state index contributed by atoms with van der Waals surface area (Å²) in [6, 6.07) is 16.0. The van der Waals surface area contributed by atoms with Crippen LogP contribution in [-0.4, -0.2) is 43.3 Å². The van der Waals surface area contributed by atoms with Crippen LogP contribution in [0.5, 0.6) is 0 Å². The topological polar surface area (TPSA) is 67.7 Å². The van der Waals surface area contributed by atoms with Crippen molar-refractivity contribution < 1.29 is 8.42 Å². The van der Waals surface area contributed by atoms with Gasteiger partial charge >= 0.3 is 10.2 Å². The Balaban J connectivity index is 1.76. The van der Waals surface area contributed by atoms with Crippen molar-refractivity contribution in [3.8, 4) is 17.3 Å². The molecule has 1 fully saturated rings. The molecule has 0 amide bonds. The van der Waals surface area contributed by atoms with Crippen LogP contribution >= 0.6 is 0 Å². The highest BCUT2D eigenvalue weighted by Gasteiger charge is 2.48. The van der Waals surface area contributed by atoms with E-state index in [1.165, 1.54) is 4.31 Å². The normalized spacial score (nSPS) is 24.5. The second-order valence-electron chi connectivity index (χ2n) is 7.46. The first kappa shape index (κ1) is 17.8. The van der Waals surface area contributed by atoms with Crippen molar-refractivity contribution in [2.45, 2.75) is 25.4 Å². The zero-order chi connectivity index (χ0) is 19.2. The molecule has 2 aromatic carbocycles. The Morgan fingerprint density at radius 1 is 1.11 bits per heavy atom. The van der Waals surface area contributed by atoms with Gasteiger partial charge in [-0.3, -0.25) is 4.31 Å². The molecule has 140 valence electrons. The predicted octanol–water partition coefficient (Wildman–Crippen LogP) is 2.80. The van der Waals surface area contributed by atoms with Crippen LogP contribution in [0.25, 0.3) is 11.1 Å². The molecule has 27 heavy (non-hydrogen) atoms. The Kier molecular flexibility index (Phi) is 4.13. The minimum absolute atomic E-state index is 0.318. The third kappa shape index (κ3) is 2.85. The SMILES string of the molecule is CN1c2ccc(-c3ccccc3)cc2CN([C@]2(C)CCN(C#N)C2)S1(=O)=O. The first-order chi connectivity index (χ1) is 12.8. The third-order valence-corrected chi connectivity index (χ3v) is 7.68. The van der Waals surface area contributed by atoms with E-state index in [1.807, 2.05) is 49.4 Å². The van der Waals surface area contributed by atoms with Gasteiger partial charge in [-0.1, -0.05) is 36.4 Å². The van der Waals surface area contributed by atoms with Gasteiger partial charge in [0.1, 0.15) is 0 Å². The van der Waals surface area contributed by atoms with E-state index in [0.717, 1.165) is 16.7 Å². The number of fused-ring (bicyclic) bond motifs is 1. The van der Waals surface area contributed by atoms with Crippen molar-refractivity contribution in [2.24, 2.45) is 0 Å². The van der Waals surface area contributed by atoms with Gasteiger partial charge in [-0.05, 0) is 42.2 Å². The number of benzene rings is 2. The van der Waals surface area contributed by atoms with Crippen LogP contribution in [-0.2, 0) is 16.8 Å². The molecule has 0 unspecified atom stereocenters. The van der Waals surface area contributed by atoms with Gasteiger partial charge in [0.05, 0.1) is 11.2 Å². The van der Waals surface area contributed by atoms with E-state index in [-0.39, 0.29) is 0 Å². The lowest BCUT2D eigenvalue weighted by molar-refractivity contribution is 0.205. The number of likely N-dealkylation sites (tertiary alicyclic amines) is 1. The van der Waals surface area contributed by atoms with Gasteiger partial charge in [0.2, 0.25) is 0 Å². The molecule has 0 N–H and O–H groups in total.